The highest BCUT2D eigenvalue weighted by molar-refractivity contribution is 5.66. The van der Waals surface area contributed by atoms with Crippen LogP contribution in [0.3, 0.4) is 0 Å². The van der Waals surface area contributed by atoms with Gasteiger partial charge in [-0.25, -0.2) is 0 Å². The van der Waals surface area contributed by atoms with E-state index in [9.17, 15) is 4.79 Å². The van der Waals surface area contributed by atoms with Crippen molar-refractivity contribution >= 4 is 5.97 Å². The number of esters is 1. The summed E-state index contributed by atoms with van der Waals surface area (Å²) >= 11 is 0. The Bertz CT molecular complexity index is 524. The molecule has 1 aromatic heterocycles. The van der Waals surface area contributed by atoms with Crippen molar-refractivity contribution in [2.75, 3.05) is 0 Å². The van der Waals surface area contributed by atoms with Gasteiger partial charge in [0.1, 0.15) is 5.76 Å². The first kappa shape index (κ1) is 13.4. The van der Waals surface area contributed by atoms with Crippen molar-refractivity contribution in [1.82, 2.24) is 0 Å². The van der Waals surface area contributed by atoms with E-state index in [-0.39, 0.29) is 5.97 Å². The largest absolute Gasteiger partial charge is 0.465 e. The lowest BCUT2D eigenvalue weighted by Crippen LogP contribution is -2.09. The van der Waals surface area contributed by atoms with Crippen LogP contribution in [0.5, 0.6) is 0 Å². The molecule has 0 amide bonds. The minimum atomic E-state index is -0.478. The van der Waals surface area contributed by atoms with Crippen LogP contribution in [0.15, 0.2) is 47.1 Å². The van der Waals surface area contributed by atoms with Gasteiger partial charge in [0, 0.05) is 12.5 Å². The third kappa shape index (κ3) is 3.25. The van der Waals surface area contributed by atoms with Crippen molar-refractivity contribution in [1.29, 1.82) is 0 Å². The fourth-order valence-electron chi connectivity index (χ4n) is 1.95. The third-order valence-electron chi connectivity index (χ3n) is 2.99. The van der Waals surface area contributed by atoms with Gasteiger partial charge >= 0.3 is 5.97 Å². The van der Waals surface area contributed by atoms with Crippen LogP contribution in [0.2, 0.25) is 0 Å². The average molecular weight is 258 g/mol. The maximum absolute atomic E-state index is 11.2. The number of hydrogen-bond acceptors (Lipinski definition) is 3. The summed E-state index contributed by atoms with van der Waals surface area (Å²) in [6.07, 6.45) is 1.10. The van der Waals surface area contributed by atoms with Crippen LogP contribution in [-0.4, -0.2) is 5.97 Å². The molecule has 0 aliphatic heterocycles. The monoisotopic (exact) mass is 258 g/mol. The number of rotatable bonds is 4. The van der Waals surface area contributed by atoms with E-state index < -0.39 is 6.10 Å². The molecule has 1 heterocycles. The van der Waals surface area contributed by atoms with E-state index in [1.165, 1.54) is 12.5 Å². The van der Waals surface area contributed by atoms with E-state index in [4.69, 9.17) is 9.15 Å². The number of furan rings is 1. The molecule has 0 radical (unpaired) electrons. The lowest BCUT2D eigenvalue weighted by Gasteiger charge is -2.16. The lowest BCUT2D eigenvalue weighted by atomic mass is 9.99. The fraction of sp³-hybridized carbons (Fsp3) is 0.312. The van der Waals surface area contributed by atoms with E-state index >= 15 is 0 Å². The minimum absolute atomic E-state index is 0.325. The van der Waals surface area contributed by atoms with Crippen molar-refractivity contribution in [3.05, 3.63) is 59.5 Å². The Morgan fingerprint density at radius 1 is 1.11 bits per heavy atom. The molecular formula is C16H18O3. The van der Waals surface area contributed by atoms with Crippen LogP contribution in [-0.2, 0) is 9.53 Å². The van der Waals surface area contributed by atoms with Crippen molar-refractivity contribution in [3.8, 4) is 0 Å². The highest BCUT2D eigenvalue weighted by atomic mass is 16.5. The van der Waals surface area contributed by atoms with Crippen molar-refractivity contribution in [3.63, 3.8) is 0 Å². The van der Waals surface area contributed by atoms with Gasteiger partial charge in [0.25, 0.3) is 0 Å². The summed E-state index contributed by atoms with van der Waals surface area (Å²) < 4.78 is 10.7. The van der Waals surface area contributed by atoms with Crippen LogP contribution in [0.1, 0.15) is 49.7 Å². The second kappa shape index (κ2) is 5.74. The maximum atomic E-state index is 11.2. The molecule has 0 unspecified atom stereocenters. The van der Waals surface area contributed by atoms with Gasteiger partial charge in [0.15, 0.2) is 6.10 Å². The van der Waals surface area contributed by atoms with E-state index in [1.807, 2.05) is 18.2 Å². The first-order valence-electron chi connectivity index (χ1n) is 6.38. The molecule has 19 heavy (non-hydrogen) atoms. The standard InChI is InChI=1S/C16H18O3/c1-11(2)13-6-8-14(9-7-13)16(19-12(3)17)15-5-4-10-18-15/h4-11,16H,1-3H3/t16-/m0/s1. The maximum Gasteiger partial charge on any atom is 0.303 e. The van der Waals surface area contributed by atoms with Crippen molar-refractivity contribution < 1.29 is 13.9 Å². The van der Waals surface area contributed by atoms with Crippen LogP contribution in [0.4, 0.5) is 0 Å². The lowest BCUT2D eigenvalue weighted by molar-refractivity contribution is -0.145. The molecule has 1 atom stereocenters. The zero-order chi connectivity index (χ0) is 13.8. The number of benzene rings is 1. The van der Waals surface area contributed by atoms with Crippen molar-refractivity contribution in [2.45, 2.75) is 32.8 Å². The molecule has 3 heteroatoms. The van der Waals surface area contributed by atoms with Crippen LogP contribution in [0, 0.1) is 0 Å². The van der Waals surface area contributed by atoms with E-state index in [1.54, 1.807) is 12.3 Å². The van der Waals surface area contributed by atoms with E-state index in [2.05, 4.69) is 26.0 Å². The first-order valence-corrected chi connectivity index (χ1v) is 6.38. The third-order valence-corrected chi connectivity index (χ3v) is 2.99. The normalized spacial score (nSPS) is 12.4. The molecule has 2 rings (SSSR count). The summed E-state index contributed by atoms with van der Waals surface area (Å²) in [6.45, 7) is 5.69. The quantitative estimate of drug-likeness (QED) is 0.776. The summed E-state index contributed by atoms with van der Waals surface area (Å²) in [4.78, 5) is 11.2. The Labute approximate surface area is 113 Å². The second-order valence-electron chi connectivity index (χ2n) is 4.83. The number of carbonyl (C=O) groups is 1. The highest BCUT2D eigenvalue weighted by Crippen LogP contribution is 2.27. The Kier molecular flexibility index (Phi) is 4.05. The average Bonchev–Trinajstić information content (AvgIpc) is 2.89. The predicted octanol–water partition coefficient (Wildman–Crippen LogP) is 4.06. The molecule has 100 valence electrons. The van der Waals surface area contributed by atoms with E-state index in [0.717, 1.165) is 5.56 Å². The number of hydrogen-bond donors (Lipinski definition) is 0. The van der Waals surface area contributed by atoms with Gasteiger partial charge in [-0.15, -0.1) is 0 Å². The fourth-order valence-corrected chi connectivity index (χ4v) is 1.95. The topological polar surface area (TPSA) is 39.4 Å². The zero-order valence-corrected chi connectivity index (χ0v) is 11.4. The molecule has 1 aromatic carbocycles. The Morgan fingerprint density at radius 3 is 2.21 bits per heavy atom. The van der Waals surface area contributed by atoms with Crippen LogP contribution < -0.4 is 0 Å². The molecule has 0 aliphatic rings. The molecule has 0 saturated heterocycles. The molecule has 0 aliphatic carbocycles. The molecule has 0 fully saturated rings. The van der Waals surface area contributed by atoms with Crippen molar-refractivity contribution in [2.24, 2.45) is 0 Å². The summed E-state index contributed by atoms with van der Waals surface area (Å²) in [7, 11) is 0. The SMILES string of the molecule is CC(=O)O[C@@H](c1ccc(C(C)C)cc1)c1ccco1. The molecule has 0 bridgehead atoms. The molecule has 2 aromatic rings. The Morgan fingerprint density at radius 2 is 1.74 bits per heavy atom. The summed E-state index contributed by atoms with van der Waals surface area (Å²) in [5, 5.41) is 0. The predicted molar refractivity (Wildman–Crippen MR) is 72.8 cm³/mol. The summed E-state index contributed by atoms with van der Waals surface area (Å²) in [5.41, 5.74) is 2.17. The number of ether oxygens (including phenoxy) is 1. The van der Waals surface area contributed by atoms with Gasteiger partial charge in [0.2, 0.25) is 0 Å². The van der Waals surface area contributed by atoms with Gasteiger partial charge in [-0.2, -0.15) is 0 Å². The molecular weight excluding hydrogens is 240 g/mol. The Hall–Kier alpha value is -2.03. The van der Waals surface area contributed by atoms with E-state index in [0.29, 0.717) is 11.7 Å². The molecule has 0 N–H and O–H groups in total. The second-order valence-corrected chi connectivity index (χ2v) is 4.83. The van der Waals surface area contributed by atoms with Gasteiger partial charge in [-0.3, -0.25) is 4.79 Å². The van der Waals surface area contributed by atoms with Gasteiger partial charge < -0.3 is 9.15 Å². The smallest absolute Gasteiger partial charge is 0.303 e. The molecule has 0 spiro atoms. The Balaban J connectivity index is 2.30. The summed E-state index contributed by atoms with van der Waals surface area (Å²) in [6, 6.07) is 11.7. The zero-order valence-electron chi connectivity index (χ0n) is 11.4. The van der Waals surface area contributed by atoms with Gasteiger partial charge in [-0.05, 0) is 23.6 Å². The van der Waals surface area contributed by atoms with Crippen LogP contribution in [0.25, 0.3) is 0 Å². The minimum Gasteiger partial charge on any atom is -0.465 e. The molecule has 3 nitrogen and oxygen atoms in total. The first-order chi connectivity index (χ1) is 9.08. The van der Waals surface area contributed by atoms with Crippen LogP contribution >= 0.6 is 0 Å². The number of carbonyl (C=O) groups excluding carboxylic acids is 1. The highest BCUT2D eigenvalue weighted by Gasteiger charge is 2.20. The van der Waals surface area contributed by atoms with Gasteiger partial charge in [-0.1, -0.05) is 38.1 Å². The molecule has 0 saturated carbocycles. The summed E-state index contributed by atoms with van der Waals surface area (Å²) in [5.74, 6) is 0.784. The van der Waals surface area contributed by atoms with Gasteiger partial charge in [0.05, 0.1) is 6.26 Å².